The van der Waals surface area contributed by atoms with Gasteiger partial charge in [0, 0.05) is 42.3 Å². The number of nitrogens with one attached hydrogen (secondary N) is 3. The van der Waals surface area contributed by atoms with E-state index in [0.717, 1.165) is 29.5 Å². The number of carbonyl (C=O) groups is 2. The molecule has 5 N–H and O–H groups in total. The molecule has 1 fully saturated rings. The molecule has 0 spiro atoms. The van der Waals surface area contributed by atoms with E-state index in [-0.39, 0.29) is 18.0 Å². The highest BCUT2D eigenvalue weighted by atomic mass is 16.2. The van der Waals surface area contributed by atoms with Crippen molar-refractivity contribution in [3.63, 3.8) is 0 Å². The number of pyridine rings is 1. The van der Waals surface area contributed by atoms with Gasteiger partial charge < -0.3 is 26.3 Å². The summed E-state index contributed by atoms with van der Waals surface area (Å²) in [6, 6.07) is 13.2. The Kier molecular flexibility index (Phi) is 6.11. The smallest absolute Gasteiger partial charge is 0.319 e. The van der Waals surface area contributed by atoms with Gasteiger partial charge in [0.15, 0.2) is 0 Å². The lowest BCUT2D eigenvalue weighted by molar-refractivity contribution is 0.0940. The normalized spacial score (nSPS) is 13.1. The number of benzene rings is 1. The van der Waals surface area contributed by atoms with Crippen molar-refractivity contribution in [2.24, 2.45) is 0 Å². The van der Waals surface area contributed by atoms with E-state index in [2.05, 4.69) is 34.8 Å². The lowest BCUT2D eigenvalue weighted by atomic mass is 10.1. The van der Waals surface area contributed by atoms with Crippen LogP contribution in [0.25, 0.3) is 11.1 Å². The zero-order chi connectivity index (χ0) is 22.7. The highest BCUT2D eigenvalue weighted by Crippen LogP contribution is 2.27. The molecule has 0 unspecified atom stereocenters. The number of nitrogens with two attached hydrogens (primary N) is 1. The number of hydrogen-bond donors (Lipinski definition) is 4. The molecule has 0 bridgehead atoms. The van der Waals surface area contributed by atoms with Crippen LogP contribution < -0.4 is 21.7 Å². The zero-order valence-electron chi connectivity index (χ0n) is 18.3. The summed E-state index contributed by atoms with van der Waals surface area (Å²) in [6.45, 7) is 4.47. The number of hydrogen-bond acceptors (Lipinski definition) is 4. The van der Waals surface area contributed by atoms with Crippen LogP contribution in [0.3, 0.4) is 0 Å². The first-order valence-corrected chi connectivity index (χ1v) is 10.8. The van der Waals surface area contributed by atoms with Crippen molar-refractivity contribution in [3.8, 4) is 11.1 Å². The molecule has 32 heavy (non-hydrogen) atoms. The molecule has 1 saturated carbocycles. The minimum absolute atomic E-state index is 0.0290. The third kappa shape index (κ3) is 5.26. The number of nitrogens with zero attached hydrogens (tertiary/aromatic N) is 2. The topological polar surface area (TPSA) is 114 Å². The minimum Gasteiger partial charge on any atom is -0.384 e. The number of amides is 3. The second kappa shape index (κ2) is 9.13. The van der Waals surface area contributed by atoms with E-state index >= 15 is 0 Å². The molecule has 0 saturated heterocycles. The maximum atomic E-state index is 12.6. The summed E-state index contributed by atoms with van der Waals surface area (Å²) in [5.41, 5.74) is 9.71. The van der Waals surface area contributed by atoms with E-state index in [0.29, 0.717) is 29.8 Å². The maximum absolute atomic E-state index is 12.6. The van der Waals surface area contributed by atoms with Crippen molar-refractivity contribution >= 4 is 23.4 Å². The van der Waals surface area contributed by atoms with Crippen LogP contribution in [0.15, 0.2) is 54.9 Å². The van der Waals surface area contributed by atoms with Crippen LogP contribution in [-0.2, 0) is 6.54 Å². The van der Waals surface area contributed by atoms with Crippen molar-refractivity contribution < 1.29 is 9.59 Å². The molecule has 0 aliphatic heterocycles. The second-order valence-corrected chi connectivity index (χ2v) is 8.34. The number of carbonyl (C=O) groups excluding carboxylic acids is 2. The van der Waals surface area contributed by atoms with Gasteiger partial charge in [-0.05, 0) is 62.1 Å². The summed E-state index contributed by atoms with van der Waals surface area (Å²) in [7, 11) is 0. The van der Waals surface area contributed by atoms with Gasteiger partial charge in [0.1, 0.15) is 11.5 Å². The summed E-state index contributed by atoms with van der Waals surface area (Å²) >= 11 is 0. The zero-order valence-corrected chi connectivity index (χ0v) is 18.3. The molecule has 3 amide bonds. The summed E-state index contributed by atoms with van der Waals surface area (Å²) in [5.74, 6) is 0.413. The Bertz CT molecular complexity index is 1100. The average Bonchev–Trinajstić information content (AvgIpc) is 3.47. The van der Waals surface area contributed by atoms with Gasteiger partial charge in [0.25, 0.3) is 5.91 Å². The van der Waals surface area contributed by atoms with Crippen LogP contribution in [0.5, 0.6) is 0 Å². The molecule has 166 valence electrons. The number of anilines is 2. The Morgan fingerprint density at radius 2 is 1.88 bits per heavy atom. The first-order chi connectivity index (χ1) is 15.4. The lowest BCUT2D eigenvalue weighted by Gasteiger charge is -2.12. The quantitative estimate of drug-likeness (QED) is 0.453. The van der Waals surface area contributed by atoms with Gasteiger partial charge >= 0.3 is 6.03 Å². The third-order valence-corrected chi connectivity index (χ3v) is 5.33. The van der Waals surface area contributed by atoms with Gasteiger partial charge in [0.2, 0.25) is 0 Å². The van der Waals surface area contributed by atoms with Gasteiger partial charge in [-0.1, -0.05) is 18.2 Å². The molecule has 4 rings (SSSR count). The Balaban J connectivity index is 1.40. The summed E-state index contributed by atoms with van der Waals surface area (Å²) in [5, 5.41) is 8.67. The van der Waals surface area contributed by atoms with E-state index in [1.807, 2.05) is 47.2 Å². The third-order valence-electron chi connectivity index (χ3n) is 5.33. The molecule has 2 aromatic heterocycles. The Labute approximate surface area is 187 Å². The summed E-state index contributed by atoms with van der Waals surface area (Å²) in [4.78, 5) is 28.8. The first kappa shape index (κ1) is 21.4. The average molecular weight is 433 g/mol. The second-order valence-electron chi connectivity index (χ2n) is 8.34. The van der Waals surface area contributed by atoms with Crippen LogP contribution in [-0.4, -0.2) is 27.5 Å². The van der Waals surface area contributed by atoms with Crippen molar-refractivity contribution in [1.29, 1.82) is 0 Å². The molecule has 8 nitrogen and oxygen atoms in total. The molecule has 8 heteroatoms. The summed E-state index contributed by atoms with van der Waals surface area (Å²) in [6.07, 6.45) is 5.74. The number of aromatic nitrogens is 2. The maximum Gasteiger partial charge on any atom is 0.319 e. The largest absolute Gasteiger partial charge is 0.384 e. The van der Waals surface area contributed by atoms with Gasteiger partial charge in [-0.2, -0.15) is 0 Å². The van der Waals surface area contributed by atoms with E-state index in [9.17, 15) is 9.59 Å². The molecule has 0 radical (unpaired) electrons. The van der Waals surface area contributed by atoms with Gasteiger partial charge in [0.05, 0.1) is 0 Å². The number of urea groups is 1. The molecule has 1 aliphatic carbocycles. The van der Waals surface area contributed by atoms with Crippen molar-refractivity contribution in [3.05, 3.63) is 66.1 Å². The van der Waals surface area contributed by atoms with E-state index < -0.39 is 0 Å². The van der Waals surface area contributed by atoms with Gasteiger partial charge in [-0.25, -0.2) is 9.78 Å². The molecule has 3 aromatic rings. The monoisotopic (exact) mass is 432 g/mol. The first-order valence-electron chi connectivity index (χ1n) is 10.8. The van der Waals surface area contributed by atoms with Crippen LogP contribution in [0, 0.1) is 0 Å². The Hall–Kier alpha value is -3.81. The predicted molar refractivity (Wildman–Crippen MR) is 125 cm³/mol. The SMILES string of the molecule is CC(C)n1cc(-c2ccc(NC(=O)NCc3ccc(N)nc3)cc2)cc1C(=O)NC1CC1. The van der Waals surface area contributed by atoms with Crippen LogP contribution >= 0.6 is 0 Å². The molecular weight excluding hydrogens is 404 g/mol. The van der Waals surface area contributed by atoms with E-state index in [1.54, 1.807) is 12.3 Å². The fourth-order valence-electron chi connectivity index (χ4n) is 3.38. The van der Waals surface area contributed by atoms with Crippen molar-refractivity contribution in [1.82, 2.24) is 20.2 Å². The number of rotatable bonds is 7. The molecule has 2 heterocycles. The van der Waals surface area contributed by atoms with Crippen LogP contribution in [0.1, 0.15) is 48.8 Å². The Morgan fingerprint density at radius 3 is 2.50 bits per heavy atom. The van der Waals surface area contributed by atoms with Gasteiger partial charge in [-0.15, -0.1) is 0 Å². The van der Waals surface area contributed by atoms with E-state index in [4.69, 9.17) is 5.73 Å². The van der Waals surface area contributed by atoms with Crippen molar-refractivity contribution in [2.75, 3.05) is 11.1 Å². The highest BCUT2D eigenvalue weighted by molar-refractivity contribution is 5.95. The lowest BCUT2D eigenvalue weighted by Crippen LogP contribution is -2.28. The van der Waals surface area contributed by atoms with E-state index in [1.165, 1.54) is 0 Å². The van der Waals surface area contributed by atoms with Crippen LogP contribution in [0.2, 0.25) is 0 Å². The standard InChI is InChI=1S/C24H28N6O2/c1-15(2)30-14-18(11-21(30)23(31)28-19-8-9-19)17-4-6-20(7-5-17)29-24(32)27-13-16-3-10-22(25)26-12-16/h3-7,10-12,14-15,19H,8-9,13H2,1-2H3,(H2,25,26)(H,28,31)(H2,27,29,32). The highest BCUT2D eigenvalue weighted by Gasteiger charge is 2.26. The molecule has 0 atom stereocenters. The van der Waals surface area contributed by atoms with Gasteiger partial charge in [-0.3, -0.25) is 4.79 Å². The van der Waals surface area contributed by atoms with Crippen LogP contribution in [0.4, 0.5) is 16.3 Å². The predicted octanol–water partition coefficient (Wildman–Crippen LogP) is 3.93. The van der Waals surface area contributed by atoms with Crippen molar-refractivity contribution in [2.45, 2.75) is 45.3 Å². The Morgan fingerprint density at radius 1 is 1.12 bits per heavy atom. The molecular formula is C24H28N6O2. The number of nitrogen functional groups attached to an aromatic ring is 1. The fourth-order valence-corrected chi connectivity index (χ4v) is 3.38. The molecule has 1 aromatic carbocycles. The summed E-state index contributed by atoms with van der Waals surface area (Å²) < 4.78 is 2.00. The molecule has 1 aliphatic rings. The fraction of sp³-hybridized carbons (Fsp3) is 0.292. The minimum atomic E-state index is -0.306.